The Labute approximate surface area is 94.3 Å². The quantitative estimate of drug-likeness (QED) is 0.767. The molecule has 80 valence electrons. The van der Waals surface area contributed by atoms with Crippen LogP contribution >= 0.6 is 11.6 Å². The lowest BCUT2D eigenvalue weighted by atomic mass is 9.91. The number of halogens is 1. The average molecular weight is 224 g/mol. The van der Waals surface area contributed by atoms with Gasteiger partial charge in [0.1, 0.15) is 5.75 Å². The molecule has 1 heterocycles. The van der Waals surface area contributed by atoms with Gasteiger partial charge in [-0.3, -0.25) is 0 Å². The highest BCUT2D eigenvalue weighted by atomic mass is 35.5. The molecule has 1 aliphatic carbocycles. The van der Waals surface area contributed by atoms with E-state index in [-0.39, 0.29) is 0 Å². The van der Waals surface area contributed by atoms with Gasteiger partial charge >= 0.3 is 0 Å². The summed E-state index contributed by atoms with van der Waals surface area (Å²) in [6.45, 7) is 0.962. The lowest BCUT2D eigenvalue weighted by molar-refractivity contribution is 0.428. The first kappa shape index (κ1) is 9.49. The SMILES string of the molecule is Oc1cc(Cl)cc2c1CCNC2C1CC1. The predicted octanol–water partition coefficient (Wildman–Crippen LogP) is 2.64. The number of hydrogen-bond acceptors (Lipinski definition) is 2. The Kier molecular flexibility index (Phi) is 2.15. The highest BCUT2D eigenvalue weighted by Gasteiger charge is 2.35. The summed E-state index contributed by atoms with van der Waals surface area (Å²) >= 11 is 5.98. The highest BCUT2D eigenvalue weighted by Crippen LogP contribution is 2.45. The monoisotopic (exact) mass is 223 g/mol. The Hall–Kier alpha value is -0.730. The molecule has 1 fully saturated rings. The summed E-state index contributed by atoms with van der Waals surface area (Å²) in [7, 11) is 0. The molecule has 1 unspecified atom stereocenters. The molecule has 1 saturated carbocycles. The fourth-order valence-corrected chi connectivity index (χ4v) is 2.73. The molecule has 0 aromatic heterocycles. The van der Waals surface area contributed by atoms with Crippen molar-refractivity contribution in [3.05, 3.63) is 28.3 Å². The molecule has 15 heavy (non-hydrogen) atoms. The molecule has 1 atom stereocenters. The summed E-state index contributed by atoms with van der Waals surface area (Å²) in [6.07, 6.45) is 3.50. The van der Waals surface area contributed by atoms with Gasteiger partial charge in [-0.1, -0.05) is 11.6 Å². The molecule has 1 aromatic rings. The molecule has 3 heteroatoms. The van der Waals surface area contributed by atoms with E-state index in [4.69, 9.17) is 11.6 Å². The van der Waals surface area contributed by atoms with Crippen LogP contribution in [0.25, 0.3) is 0 Å². The van der Waals surface area contributed by atoms with Crippen molar-refractivity contribution in [1.82, 2.24) is 5.32 Å². The van der Waals surface area contributed by atoms with Gasteiger partial charge in [-0.2, -0.15) is 0 Å². The van der Waals surface area contributed by atoms with E-state index in [0.717, 1.165) is 24.4 Å². The Morgan fingerprint density at radius 3 is 2.87 bits per heavy atom. The van der Waals surface area contributed by atoms with Crippen molar-refractivity contribution in [3.8, 4) is 5.75 Å². The topological polar surface area (TPSA) is 32.3 Å². The molecule has 2 aliphatic rings. The van der Waals surface area contributed by atoms with Crippen molar-refractivity contribution in [1.29, 1.82) is 0 Å². The van der Waals surface area contributed by atoms with Crippen LogP contribution in [0, 0.1) is 5.92 Å². The highest BCUT2D eigenvalue weighted by molar-refractivity contribution is 6.30. The van der Waals surface area contributed by atoms with Gasteiger partial charge in [0.2, 0.25) is 0 Å². The molecule has 0 spiro atoms. The maximum Gasteiger partial charge on any atom is 0.120 e. The second kappa shape index (κ2) is 3.39. The number of phenolic OH excluding ortho intramolecular Hbond substituents is 1. The van der Waals surface area contributed by atoms with E-state index >= 15 is 0 Å². The van der Waals surface area contributed by atoms with E-state index in [9.17, 15) is 5.11 Å². The molecule has 0 radical (unpaired) electrons. The second-order valence-electron chi connectivity index (χ2n) is 4.51. The molecule has 0 bridgehead atoms. The third kappa shape index (κ3) is 1.62. The third-order valence-electron chi connectivity index (χ3n) is 3.39. The standard InChI is InChI=1S/C12H14ClNO/c13-8-5-10-9(11(15)6-8)3-4-14-12(10)7-1-2-7/h5-7,12,14-15H,1-4H2. The van der Waals surface area contributed by atoms with Crippen LogP contribution in [0.4, 0.5) is 0 Å². The summed E-state index contributed by atoms with van der Waals surface area (Å²) in [5, 5.41) is 14.0. The fourth-order valence-electron chi connectivity index (χ4n) is 2.51. The van der Waals surface area contributed by atoms with E-state index in [2.05, 4.69) is 5.32 Å². The first-order chi connectivity index (χ1) is 7.25. The molecule has 0 saturated heterocycles. The lowest BCUT2D eigenvalue weighted by Gasteiger charge is -2.27. The minimum absolute atomic E-state index is 0.365. The summed E-state index contributed by atoms with van der Waals surface area (Å²) in [6, 6.07) is 4.07. The van der Waals surface area contributed by atoms with Gasteiger partial charge in [0, 0.05) is 16.6 Å². The minimum Gasteiger partial charge on any atom is -0.508 e. The number of fused-ring (bicyclic) bond motifs is 1. The summed E-state index contributed by atoms with van der Waals surface area (Å²) in [5.41, 5.74) is 2.31. The number of nitrogens with one attached hydrogen (secondary N) is 1. The predicted molar refractivity (Wildman–Crippen MR) is 60.3 cm³/mol. The number of rotatable bonds is 1. The van der Waals surface area contributed by atoms with E-state index < -0.39 is 0 Å². The number of hydrogen-bond donors (Lipinski definition) is 2. The zero-order valence-electron chi connectivity index (χ0n) is 8.46. The molecular formula is C12H14ClNO. The van der Waals surface area contributed by atoms with E-state index in [0.29, 0.717) is 16.8 Å². The van der Waals surface area contributed by atoms with Crippen molar-refractivity contribution in [3.63, 3.8) is 0 Å². The Morgan fingerprint density at radius 2 is 2.13 bits per heavy atom. The van der Waals surface area contributed by atoms with Crippen molar-refractivity contribution in [2.75, 3.05) is 6.54 Å². The fraction of sp³-hybridized carbons (Fsp3) is 0.500. The van der Waals surface area contributed by atoms with Crippen LogP contribution in [-0.4, -0.2) is 11.7 Å². The van der Waals surface area contributed by atoms with Crippen LogP contribution in [0.15, 0.2) is 12.1 Å². The van der Waals surface area contributed by atoms with Gasteiger partial charge < -0.3 is 10.4 Å². The van der Waals surface area contributed by atoms with Crippen LogP contribution in [0.1, 0.15) is 30.0 Å². The van der Waals surface area contributed by atoms with Crippen molar-refractivity contribution in [2.45, 2.75) is 25.3 Å². The van der Waals surface area contributed by atoms with Crippen LogP contribution < -0.4 is 5.32 Å². The van der Waals surface area contributed by atoms with E-state index in [1.807, 2.05) is 6.07 Å². The number of benzene rings is 1. The van der Waals surface area contributed by atoms with Gasteiger partial charge in [-0.05, 0) is 49.4 Å². The Morgan fingerprint density at radius 1 is 1.33 bits per heavy atom. The molecule has 1 aromatic carbocycles. The summed E-state index contributed by atoms with van der Waals surface area (Å²) < 4.78 is 0. The Balaban J connectivity index is 2.08. The largest absolute Gasteiger partial charge is 0.508 e. The third-order valence-corrected chi connectivity index (χ3v) is 3.61. The minimum atomic E-state index is 0.365. The van der Waals surface area contributed by atoms with E-state index in [1.54, 1.807) is 6.07 Å². The zero-order chi connectivity index (χ0) is 10.4. The first-order valence-corrected chi connectivity index (χ1v) is 5.88. The summed E-state index contributed by atoms with van der Waals surface area (Å²) in [4.78, 5) is 0. The summed E-state index contributed by atoms with van der Waals surface area (Å²) in [5.74, 6) is 1.12. The van der Waals surface area contributed by atoms with Gasteiger partial charge in [0.15, 0.2) is 0 Å². The smallest absolute Gasteiger partial charge is 0.120 e. The van der Waals surface area contributed by atoms with Crippen molar-refractivity contribution < 1.29 is 5.11 Å². The maximum atomic E-state index is 9.84. The van der Waals surface area contributed by atoms with Crippen LogP contribution in [-0.2, 0) is 6.42 Å². The molecule has 3 rings (SSSR count). The van der Waals surface area contributed by atoms with Crippen molar-refractivity contribution >= 4 is 11.6 Å². The van der Waals surface area contributed by atoms with E-state index in [1.165, 1.54) is 18.4 Å². The van der Waals surface area contributed by atoms with Crippen LogP contribution in [0.5, 0.6) is 5.75 Å². The zero-order valence-corrected chi connectivity index (χ0v) is 9.22. The van der Waals surface area contributed by atoms with Gasteiger partial charge in [-0.15, -0.1) is 0 Å². The van der Waals surface area contributed by atoms with Gasteiger partial charge in [0.05, 0.1) is 0 Å². The second-order valence-corrected chi connectivity index (χ2v) is 4.95. The first-order valence-electron chi connectivity index (χ1n) is 5.50. The molecule has 2 nitrogen and oxygen atoms in total. The number of phenols is 1. The molecule has 2 N–H and O–H groups in total. The van der Waals surface area contributed by atoms with Crippen molar-refractivity contribution in [2.24, 2.45) is 5.92 Å². The van der Waals surface area contributed by atoms with Crippen LogP contribution in [0.3, 0.4) is 0 Å². The van der Waals surface area contributed by atoms with Gasteiger partial charge in [0.25, 0.3) is 0 Å². The Bertz CT molecular complexity index is 401. The average Bonchev–Trinajstić information content (AvgIpc) is 3.00. The van der Waals surface area contributed by atoms with Crippen LogP contribution in [0.2, 0.25) is 5.02 Å². The molecule has 1 aliphatic heterocycles. The lowest BCUT2D eigenvalue weighted by Crippen LogP contribution is -2.31. The molecular weight excluding hydrogens is 210 g/mol. The maximum absolute atomic E-state index is 9.84. The number of aromatic hydroxyl groups is 1. The normalized spacial score (nSPS) is 25.0. The molecule has 0 amide bonds. The van der Waals surface area contributed by atoms with Gasteiger partial charge in [-0.25, -0.2) is 0 Å².